The highest BCUT2D eigenvalue weighted by Gasteiger charge is 2.48. The Morgan fingerprint density at radius 1 is 1.18 bits per heavy atom. The van der Waals surface area contributed by atoms with Crippen LogP contribution < -0.4 is 20.1 Å². The van der Waals surface area contributed by atoms with E-state index >= 15 is 0 Å². The number of anilines is 1. The van der Waals surface area contributed by atoms with Crippen LogP contribution in [0.5, 0.6) is 17.2 Å². The molecule has 45 heavy (non-hydrogen) atoms. The lowest BCUT2D eigenvalue weighted by atomic mass is 10.00. The summed E-state index contributed by atoms with van der Waals surface area (Å²) in [7, 11) is 3.97. The molecule has 0 spiro atoms. The second-order valence-corrected chi connectivity index (χ2v) is 12.1. The zero-order chi connectivity index (χ0) is 31.5. The van der Waals surface area contributed by atoms with Crippen molar-refractivity contribution in [3.05, 3.63) is 82.2 Å². The van der Waals surface area contributed by atoms with E-state index in [0.717, 1.165) is 42.2 Å². The maximum absolute atomic E-state index is 14.2. The van der Waals surface area contributed by atoms with Gasteiger partial charge >= 0.3 is 6.18 Å². The fourth-order valence-corrected chi connectivity index (χ4v) is 6.38. The van der Waals surface area contributed by atoms with Crippen molar-refractivity contribution in [2.24, 2.45) is 0 Å². The summed E-state index contributed by atoms with van der Waals surface area (Å²) in [4.78, 5) is 33.3. The van der Waals surface area contributed by atoms with Crippen molar-refractivity contribution in [1.29, 1.82) is 0 Å². The van der Waals surface area contributed by atoms with E-state index in [0.29, 0.717) is 54.2 Å². The van der Waals surface area contributed by atoms with Gasteiger partial charge in [-0.2, -0.15) is 13.2 Å². The molecule has 2 unspecified atom stereocenters. The van der Waals surface area contributed by atoms with Crippen LogP contribution in [-0.4, -0.2) is 65.9 Å². The Morgan fingerprint density at radius 3 is 2.82 bits per heavy atom. The van der Waals surface area contributed by atoms with Gasteiger partial charge < -0.3 is 25.0 Å². The summed E-state index contributed by atoms with van der Waals surface area (Å²) in [5.41, 5.74) is 2.13. The number of piperidine rings is 1. The fourth-order valence-electron chi connectivity index (χ4n) is 6.38. The smallest absolute Gasteiger partial charge is 0.416 e. The highest BCUT2D eigenvalue weighted by atomic mass is 19.4. The first-order valence-corrected chi connectivity index (χ1v) is 15.0. The molecule has 4 heterocycles. The predicted octanol–water partition coefficient (Wildman–Crippen LogP) is 5.22. The molecule has 234 valence electrons. The van der Waals surface area contributed by atoms with Crippen molar-refractivity contribution in [2.75, 3.05) is 32.5 Å². The molecule has 3 aliphatic heterocycles. The van der Waals surface area contributed by atoms with Gasteiger partial charge in [-0.3, -0.25) is 14.5 Å². The van der Waals surface area contributed by atoms with Gasteiger partial charge in [-0.05, 0) is 81.9 Å². The first-order chi connectivity index (χ1) is 21.5. The van der Waals surface area contributed by atoms with Gasteiger partial charge in [-0.1, -0.05) is 6.07 Å². The largest absolute Gasteiger partial charge is 0.479 e. The molecule has 2 N–H and O–H groups in total. The number of rotatable bonds is 7. The zero-order valence-electron chi connectivity index (χ0n) is 24.8. The first kappa shape index (κ1) is 29.3. The molecule has 2 atom stereocenters. The minimum atomic E-state index is -4.60. The number of aromatic nitrogens is 1. The van der Waals surface area contributed by atoms with E-state index < -0.39 is 23.8 Å². The van der Waals surface area contributed by atoms with E-state index in [-0.39, 0.29) is 23.6 Å². The average molecular weight is 620 g/mol. The Kier molecular flexibility index (Phi) is 7.28. The quantitative estimate of drug-likeness (QED) is 0.375. The van der Waals surface area contributed by atoms with Gasteiger partial charge in [0.15, 0.2) is 6.10 Å². The molecule has 3 aromatic rings. The van der Waals surface area contributed by atoms with Gasteiger partial charge in [-0.15, -0.1) is 0 Å². The Balaban J connectivity index is 1.07. The molecule has 1 aliphatic carbocycles. The van der Waals surface area contributed by atoms with Crippen LogP contribution in [0.25, 0.3) is 5.57 Å². The van der Waals surface area contributed by atoms with Gasteiger partial charge in [0.2, 0.25) is 5.91 Å². The summed E-state index contributed by atoms with van der Waals surface area (Å²) in [6, 6.07) is 11.2. The highest BCUT2D eigenvalue weighted by molar-refractivity contribution is 6.02. The van der Waals surface area contributed by atoms with Crippen molar-refractivity contribution < 1.29 is 32.2 Å². The summed E-state index contributed by atoms with van der Waals surface area (Å²) >= 11 is 0. The third-order valence-electron chi connectivity index (χ3n) is 8.85. The number of nitrogens with one attached hydrogen (secondary N) is 2. The number of amides is 2. The van der Waals surface area contributed by atoms with Crippen LogP contribution in [0.3, 0.4) is 0 Å². The maximum atomic E-state index is 14.2. The second kappa shape index (κ2) is 11.2. The second-order valence-electron chi connectivity index (χ2n) is 12.1. The molecule has 1 aromatic heterocycles. The Labute approximate surface area is 258 Å². The lowest BCUT2D eigenvalue weighted by molar-refractivity contribution is -0.138. The van der Waals surface area contributed by atoms with Crippen LogP contribution in [0, 0.1) is 0 Å². The first-order valence-electron chi connectivity index (χ1n) is 15.0. The van der Waals surface area contributed by atoms with Gasteiger partial charge in [-0.25, -0.2) is 4.98 Å². The van der Waals surface area contributed by atoms with Gasteiger partial charge in [0.25, 0.3) is 5.91 Å². The third kappa shape index (κ3) is 5.75. The number of carbonyl (C=O) groups excluding carboxylic acids is 2. The van der Waals surface area contributed by atoms with E-state index in [4.69, 9.17) is 9.47 Å². The number of likely N-dealkylation sites (tertiary alicyclic amines) is 1. The molecule has 0 radical (unpaired) electrons. The Bertz CT molecular complexity index is 1740. The molecule has 0 bridgehead atoms. The van der Waals surface area contributed by atoms with Crippen molar-refractivity contribution in [3.63, 3.8) is 0 Å². The molecular weight excluding hydrogens is 587 g/mol. The summed E-state index contributed by atoms with van der Waals surface area (Å²) in [6.07, 6.45) is -0.710. The molecule has 1 fully saturated rings. The summed E-state index contributed by atoms with van der Waals surface area (Å²) in [5, 5.41) is 5.52. The molecule has 9 nitrogen and oxygen atoms in total. The van der Waals surface area contributed by atoms with Crippen LogP contribution in [0.1, 0.15) is 51.9 Å². The van der Waals surface area contributed by atoms with Gasteiger partial charge in [0.1, 0.15) is 23.1 Å². The summed E-state index contributed by atoms with van der Waals surface area (Å²) in [5.74, 6) is 1.50. The van der Waals surface area contributed by atoms with Crippen molar-refractivity contribution in [3.8, 4) is 17.2 Å². The summed E-state index contributed by atoms with van der Waals surface area (Å²) < 4.78 is 54.6. The van der Waals surface area contributed by atoms with E-state index in [1.807, 2.05) is 19.0 Å². The number of ether oxygens (including phenoxy) is 2. The predicted molar refractivity (Wildman–Crippen MR) is 160 cm³/mol. The molecule has 0 saturated carbocycles. The number of hydrogen-bond donors (Lipinski definition) is 2. The van der Waals surface area contributed by atoms with Gasteiger partial charge in [0, 0.05) is 54.0 Å². The minimum Gasteiger partial charge on any atom is -0.479 e. The van der Waals surface area contributed by atoms with Crippen molar-refractivity contribution in [1.82, 2.24) is 20.1 Å². The van der Waals surface area contributed by atoms with E-state index in [1.165, 1.54) is 12.1 Å². The van der Waals surface area contributed by atoms with Crippen molar-refractivity contribution >= 4 is 23.2 Å². The highest BCUT2D eigenvalue weighted by Crippen LogP contribution is 2.52. The molecule has 1 saturated heterocycles. The van der Waals surface area contributed by atoms with E-state index in [1.54, 1.807) is 30.5 Å². The summed E-state index contributed by atoms with van der Waals surface area (Å²) in [6.45, 7) is 1.60. The van der Waals surface area contributed by atoms with E-state index in [2.05, 4.69) is 20.5 Å². The van der Waals surface area contributed by atoms with E-state index in [9.17, 15) is 22.8 Å². The number of hydrogen-bond acceptors (Lipinski definition) is 7. The number of benzene rings is 2. The standard InChI is InChI=1S/C33H32F3N5O4/c1-40(2)20-4-3-13-41(17-20)16-19-6-5-18(14-24(19)33(34,35)36)32(43)39-29-28-23-15-21(7-9-25(23)45-30(28)29)44-26-11-12-37-31-22(26)8-10-27(42)38-31/h5-7,9,11-12,14-15,20,30H,3-4,8,10,13,16-17H2,1-2H3,(H,39,43)(H,37,38,42). The van der Waals surface area contributed by atoms with Crippen LogP contribution in [0.4, 0.5) is 19.0 Å². The monoisotopic (exact) mass is 619 g/mol. The Morgan fingerprint density at radius 2 is 2.02 bits per heavy atom. The topological polar surface area (TPSA) is 96.0 Å². The normalized spacial score (nSPS) is 20.6. The molecule has 12 heteroatoms. The number of likely N-dealkylation sites (N-methyl/N-ethyl adjacent to an activating group) is 1. The zero-order valence-corrected chi connectivity index (χ0v) is 24.8. The third-order valence-corrected chi connectivity index (χ3v) is 8.85. The van der Waals surface area contributed by atoms with Crippen LogP contribution in [0.15, 0.2) is 54.4 Å². The number of carbonyl (C=O) groups is 2. The molecule has 2 amide bonds. The van der Waals surface area contributed by atoms with Crippen LogP contribution in [-0.2, 0) is 23.9 Å². The minimum absolute atomic E-state index is 0.0687. The lowest BCUT2D eigenvalue weighted by Gasteiger charge is -2.36. The number of pyridine rings is 1. The van der Waals surface area contributed by atoms with Gasteiger partial charge in [0.05, 0.1) is 11.3 Å². The number of halogens is 3. The number of nitrogens with zero attached hydrogens (tertiary/aromatic N) is 3. The molecular formula is C33H32F3N5O4. The number of fused-ring (bicyclic) bond motifs is 4. The fraction of sp³-hybridized carbons (Fsp3) is 0.364. The average Bonchev–Trinajstić information content (AvgIpc) is 3.52. The van der Waals surface area contributed by atoms with Crippen LogP contribution in [0.2, 0.25) is 0 Å². The maximum Gasteiger partial charge on any atom is 0.416 e. The lowest BCUT2D eigenvalue weighted by Crippen LogP contribution is -2.44. The number of alkyl halides is 3. The van der Waals surface area contributed by atoms with Crippen molar-refractivity contribution in [2.45, 2.75) is 50.6 Å². The molecule has 7 rings (SSSR count). The van der Waals surface area contributed by atoms with Crippen LogP contribution >= 0.6 is 0 Å². The molecule has 4 aliphatic rings. The molecule has 2 aromatic carbocycles. The Hall–Kier alpha value is -4.42. The SMILES string of the molecule is CN(C)C1CCCN(Cc2ccc(C(=O)NC3=C4c5cc(Oc6ccnc7c6CCC(=O)N7)ccc5OC34)cc2C(F)(F)F)C1.